The van der Waals surface area contributed by atoms with Crippen molar-refractivity contribution in [3.8, 4) is 0 Å². The maximum Gasteiger partial charge on any atom is 0.253 e. The lowest BCUT2D eigenvalue weighted by atomic mass is 10.1. The second-order valence-corrected chi connectivity index (χ2v) is 7.48. The van der Waals surface area contributed by atoms with Crippen molar-refractivity contribution in [1.82, 2.24) is 15.2 Å². The zero-order valence-corrected chi connectivity index (χ0v) is 17.3. The zero-order chi connectivity index (χ0) is 19.9. The highest BCUT2D eigenvalue weighted by molar-refractivity contribution is 7.80. The van der Waals surface area contributed by atoms with Gasteiger partial charge in [0, 0.05) is 18.7 Å². The summed E-state index contributed by atoms with van der Waals surface area (Å²) in [5, 5.41) is 5.06. The van der Waals surface area contributed by atoms with E-state index in [2.05, 4.69) is 34.3 Å². The highest BCUT2D eigenvalue weighted by Gasteiger charge is 2.14. The van der Waals surface area contributed by atoms with Crippen LogP contribution >= 0.6 is 12.2 Å². The molecule has 0 amide bonds. The van der Waals surface area contributed by atoms with Crippen LogP contribution in [0.25, 0.3) is 10.9 Å². The van der Waals surface area contributed by atoms with Crippen molar-refractivity contribution in [2.75, 3.05) is 6.54 Å². The third-order valence-electron chi connectivity index (χ3n) is 4.84. The number of pyridine rings is 1. The molecule has 0 bridgehead atoms. The van der Waals surface area contributed by atoms with E-state index in [0.29, 0.717) is 23.8 Å². The first-order chi connectivity index (χ1) is 13.6. The molecule has 2 N–H and O–H groups in total. The van der Waals surface area contributed by atoms with Crippen LogP contribution in [0, 0.1) is 6.92 Å². The van der Waals surface area contributed by atoms with Crippen molar-refractivity contribution in [3.05, 3.63) is 81.6 Å². The average molecular weight is 394 g/mol. The van der Waals surface area contributed by atoms with E-state index in [1.807, 2.05) is 49.4 Å². The minimum atomic E-state index is -0.0591. The number of nitrogens with one attached hydrogen (secondary N) is 2. The fourth-order valence-electron chi connectivity index (χ4n) is 3.24. The van der Waals surface area contributed by atoms with Gasteiger partial charge in [0.05, 0.1) is 12.1 Å². The Hall–Kier alpha value is -2.66. The summed E-state index contributed by atoms with van der Waals surface area (Å²) >= 11 is 5.65. The van der Waals surface area contributed by atoms with Gasteiger partial charge in [0.25, 0.3) is 5.56 Å². The number of benzene rings is 2. The number of aromatic amines is 1. The van der Waals surface area contributed by atoms with Crippen molar-refractivity contribution >= 4 is 28.2 Å². The average Bonchev–Trinajstić information content (AvgIpc) is 2.69. The van der Waals surface area contributed by atoms with E-state index in [1.54, 1.807) is 0 Å². The first kappa shape index (κ1) is 20.1. The molecule has 0 saturated carbocycles. The number of fused-ring (bicyclic) bond motifs is 1. The molecule has 5 heteroatoms. The van der Waals surface area contributed by atoms with Gasteiger partial charge in [-0.25, -0.2) is 0 Å². The van der Waals surface area contributed by atoms with Crippen molar-refractivity contribution in [1.29, 1.82) is 0 Å². The number of thiocarbonyl (C=S) groups is 1. The maximum atomic E-state index is 12.7. The number of rotatable bonds is 7. The number of para-hydroxylation sites is 1. The second-order valence-electron chi connectivity index (χ2n) is 7.09. The standard InChI is InChI=1S/C23H27N3OS/c1-3-4-13-24-23(28)26(15-18-10-6-5-7-11-18)16-20-14-19-12-8-9-17(2)21(19)25-22(20)27/h5-12,14H,3-4,13,15-16H2,1-2H3,(H,24,28)(H,25,27). The quantitative estimate of drug-likeness (QED) is 0.458. The Kier molecular flexibility index (Phi) is 6.82. The largest absolute Gasteiger partial charge is 0.363 e. The van der Waals surface area contributed by atoms with Crippen LogP contribution in [0.2, 0.25) is 0 Å². The maximum absolute atomic E-state index is 12.7. The van der Waals surface area contributed by atoms with Crippen molar-refractivity contribution in [2.45, 2.75) is 39.8 Å². The van der Waals surface area contributed by atoms with E-state index in [4.69, 9.17) is 12.2 Å². The number of hydrogen-bond donors (Lipinski definition) is 2. The van der Waals surface area contributed by atoms with Crippen LogP contribution in [0.1, 0.15) is 36.5 Å². The SMILES string of the molecule is CCCCNC(=S)N(Cc1ccccc1)Cc1cc2cccc(C)c2[nH]c1=O. The van der Waals surface area contributed by atoms with Crippen molar-refractivity contribution in [3.63, 3.8) is 0 Å². The molecule has 1 heterocycles. The van der Waals surface area contributed by atoms with Gasteiger partial charge in [0.2, 0.25) is 0 Å². The van der Waals surface area contributed by atoms with Gasteiger partial charge in [-0.1, -0.05) is 61.9 Å². The van der Waals surface area contributed by atoms with Crippen LogP contribution in [-0.4, -0.2) is 21.5 Å². The van der Waals surface area contributed by atoms with Gasteiger partial charge in [-0.15, -0.1) is 0 Å². The fourth-order valence-corrected chi connectivity index (χ4v) is 3.47. The molecular formula is C23H27N3OS. The Labute approximate surface area is 171 Å². The molecule has 1 aromatic heterocycles. The van der Waals surface area contributed by atoms with Crippen LogP contribution in [0.15, 0.2) is 59.4 Å². The molecule has 0 spiro atoms. The molecule has 0 atom stereocenters. The number of H-pyrrole nitrogens is 1. The van der Waals surface area contributed by atoms with Crippen molar-refractivity contribution < 1.29 is 0 Å². The number of hydrogen-bond acceptors (Lipinski definition) is 2. The van der Waals surface area contributed by atoms with Gasteiger partial charge in [0.1, 0.15) is 0 Å². The zero-order valence-electron chi connectivity index (χ0n) is 16.5. The summed E-state index contributed by atoms with van der Waals surface area (Å²) in [4.78, 5) is 17.8. The lowest BCUT2D eigenvalue weighted by Gasteiger charge is -2.26. The topological polar surface area (TPSA) is 48.1 Å². The first-order valence-electron chi connectivity index (χ1n) is 9.76. The van der Waals surface area contributed by atoms with Crippen LogP contribution in [-0.2, 0) is 13.1 Å². The molecule has 0 unspecified atom stereocenters. The number of unbranched alkanes of at least 4 members (excludes halogenated alkanes) is 1. The Morgan fingerprint density at radius 2 is 1.89 bits per heavy atom. The van der Waals surface area contributed by atoms with Gasteiger partial charge in [-0.3, -0.25) is 4.79 Å². The highest BCUT2D eigenvalue weighted by atomic mass is 32.1. The lowest BCUT2D eigenvalue weighted by Crippen LogP contribution is -2.40. The normalized spacial score (nSPS) is 10.8. The molecule has 0 saturated heterocycles. The van der Waals surface area contributed by atoms with Crippen LogP contribution in [0.5, 0.6) is 0 Å². The monoisotopic (exact) mass is 393 g/mol. The smallest absolute Gasteiger partial charge is 0.253 e. The molecule has 2 aromatic carbocycles. The Morgan fingerprint density at radius 1 is 1.11 bits per heavy atom. The molecule has 0 aliphatic carbocycles. The van der Waals surface area contributed by atoms with E-state index in [0.717, 1.165) is 41.4 Å². The summed E-state index contributed by atoms with van der Waals surface area (Å²) < 4.78 is 0. The lowest BCUT2D eigenvalue weighted by molar-refractivity contribution is 0.397. The Morgan fingerprint density at radius 3 is 2.64 bits per heavy atom. The van der Waals surface area contributed by atoms with Gasteiger partial charge in [-0.05, 0) is 48.1 Å². The molecular weight excluding hydrogens is 366 g/mol. The van der Waals surface area contributed by atoms with E-state index < -0.39 is 0 Å². The Bertz CT molecular complexity index is 998. The molecule has 0 fully saturated rings. The van der Waals surface area contributed by atoms with Crippen LogP contribution in [0.4, 0.5) is 0 Å². The predicted molar refractivity (Wildman–Crippen MR) is 121 cm³/mol. The molecule has 146 valence electrons. The minimum absolute atomic E-state index is 0.0591. The van der Waals surface area contributed by atoms with Crippen LogP contribution < -0.4 is 10.9 Å². The summed E-state index contributed by atoms with van der Waals surface area (Å²) in [5.41, 5.74) is 3.79. The fraction of sp³-hybridized carbons (Fsp3) is 0.304. The molecule has 3 rings (SSSR count). The molecule has 0 radical (unpaired) electrons. The molecule has 0 aliphatic heterocycles. The predicted octanol–water partition coefficient (Wildman–Crippen LogP) is 4.51. The minimum Gasteiger partial charge on any atom is -0.363 e. The number of aromatic nitrogens is 1. The van der Waals surface area contributed by atoms with E-state index in [1.165, 1.54) is 0 Å². The summed E-state index contributed by atoms with van der Waals surface area (Å²) in [5.74, 6) is 0. The summed E-state index contributed by atoms with van der Waals surface area (Å²) in [6, 6.07) is 18.2. The third-order valence-corrected chi connectivity index (χ3v) is 5.24. The molecule has 0 aliphatic rings. The van der Waals surface area contributed by atoms with Crippen LogP contribution in [0.3, 0.4) is 0 Å². The first-order valence-corrected chi connectivity index (χ1v) is 10.2. The summed E-state index contributed by atoms with van der Waals surface area (Å²) in [6.45, 7) is 6.12. The molecule has 28 heavy (non-hydrogen) atoms. The number of nitrogens with zero attached hydrogens (tertiary/aromatic N) is 1. The molecule has 4 nitrogen and oxygen atoms in total. The van der Waals surface area contributed by atoms with E-state index in [-0.39, 0.29) is 5.56 Å². The number of aryl methyl sites for hydroxylation is 1. The third kappa shape index (κ3) is 4.98. The van der Waals surface area contributed by atoms with Gasteiger partial charge in [0.15, 0.2) is 5.11 Å². The highest BCUT2D eigenvalue weighted by Crippen LogP contribution is 2.16. The summed E-state index contributed by atoms with van der Waals surface area (Å²) in [6.07, 6.45) is 2.17. The van der Waals surface area contributed by atoms with E-state index >= 15 is 0 Å². The Balaban J connectivity index is 1.87. The van der Waals surface area contributed by atoms with E-state index in [9.17, 15) is 4.79 Å². The molecule has 3 aromatic rings. The van der Waals surface area contributed by atoms with Gasteiger partial charge >= 0.3 is 0 Å². The van der Waals surface area contributed by atoms with Crippen molar-refractivity contribution in [2.24, 2.45) is 0 Å². The van der Waals surface area contributed by atoms with Gasteiger partial charge in [-0.2, -0.15) is 0 Å². The van der Waals surface area contributed by atoms with Gasteiger partial charge < -0.3 is 15.2 Å². The summed E-state index contributed by atoms with van der Waals surface area (Å²) in [7, 11) is 0. The second kappa shape index (κ2) is 9.51.